The number of carbonyl (C=O) groups is 17. The van der Waals surface area contributed by atoms with Crippen LogP contribution < -0.4 is 97.8 Å². The number of carboxylic acids is 1. The van der Waals surface area contributed by atoms with Crippen LogP contribution in [-0.4, -0.2) is 235 Å². The molecule has 14 atom stereocenters. The summed E-state index contributed by atoms with van der Waals surface area (Å²) < 4.78 is 9.13. The summed E-state index contributed by atoms with van der Waals surface area (Å²) in [6.45, 7) is 9.52. The van der Waals surface area contributed by atoms with Gasteiger partial charge in [0.15, 0.2) is 12.6 Å². The van der Waals surface area contributed by atoms with Gasteiger partial charge in [-0.3, -0.25) is 77.3 Å². The van der Waals surface area contributed by atoms with Crippen LogP contribution in [0.5, 0.6) is 0 Å². The second kappa shape index (κ2) is 59.2. The fourth-order valence-corrected chi connectivity index (χ4v) is 12.6. The number of nitrogens with two attached hydrogens (primary N) is 5. The molecule has 0 unspecified atom stereocenters. The molecule has 0 bridgehead atoms. The van der Waals surface area contributed by atoms with Gasteiger partial charge in [-0.05, 0) is 125 Å². The number of unbranched alkanes of at least 4 members (excludes halogenated alkanes) is 2. The Kier molecular flexibility index (Phi) is 50.5. The van der Waals surface area contributed by atoms with E-state index in [9.17, 15) is 91.7 Å². The standard InChI is InChI=1S/C84H128N20O22/c1-8-50(5)70(81(121)100-64(44-66(87)107)79(119)99-63(43-55-28-17-12-18-29-55)78(118)97-60(34-35-68(109)110)75(115)94-57(30-19-21-37-85)72(112)92-56(45-105)40-49(3)4)103-82(122)71(51(6)9-2)102-80(120)65(46-106)101-74(114)58(31-20-22-38-86)95-73(113)59(32-23-39-91-83(88)89)96-77(117)62(42-54-26-15-11-16-27-54)98-76(116)61(41-53-24-13-10-14-25-53)93-67(108)47-126-104-52(7)33-36-69(111)124-48-125-84(90)123/h10-18,24-29,45,49-51,56-65,70-71,106H,8-9,19-23,30-44,46-48,85-86H2,1-7H3,(H2,87,107)(H2,90,123)(H,92,112)(H,93,108)(H,94,115)(H,95,113)(H,96,117)(H,97,118)(H,98,116)(H,99,119)(H,100,121)(H,101,114)(H,102,120)(H,103,122)(H,109,110)(H4,88,89,91)/b104-52+/t50-,51-,56-,57-,58-,59-,60-,61-,62-,63-,64-,65-,70-,71-/m0/s1. The molecule has 0 heterocycles. The first-order chi connectivity index (χ1) is 59.9. The molecular formula is C84H128N20O22. The van der Waals surface area contributed by atoms with Crippen molar-refractivity contribution in [1.29, 1.82) is 5.41 Å². The maximum absolute atomic E-state index is 14.9. The third kappa shape index (κ3) is 42.6. The third-order valence-electron chi connectivity index (χ3n) is 20.0. The van der Waals surface area contributed by atoms with Crippen molar-refractivity contribution in [1.82, 2.24) is 69.1 Å². The molecule has 0 aliphatic heterocycles. The van der Waals surface area contributed by atoms with Crippen molar-refractivity contribution in [2.24, 2.45) is 51.6 Å². The predicted molar refractivity (Wildman–Crippen MR) is 461 cm³/mol. The minimum atomic E-state index is -1.88. The zero-order chi connectivity index (χ0) is 93.8. The van der Waals surface area contributed by atoms with Crippen molar-refractivity contribution in [3.8, 4) is 0 Å². The van der Waals surface area contributed by atoms with Crippen molar-refractivity contribution in [3.63, 3.8) is 0 Å². The van der Waals surface area contributed by atoms with Crippen molar-refractivity contribution in [3.05, 3.63) is 108 Å². The van der Waals surface area contributed by atoms with Crippen LogP contribution in [0.4, 0.5) is 4.79 Å². The van der Waals surface area contributed by atoms with Gasteiger partial charge < -0.3 is 127 Å². The Bertz CT molecular complexity index is 4080. The molecule has 0 aliphatic rings. The molecule has 42 nitrogen and oxygen atoms in total. The highest BCUT2D eigenvalue weighted by atomic mass is 16.7. The number of amides is 14. The Labute approximate surface area is 732 Å². The molecule has 0 aromatic heterocycles. The van der Waals surface area contributed by atoms with Crippen LogP contribution in [0.15, 0.2) is 96.2 Å². The van der Waals surface area contributed by atoms with Crippen LogP contribution in [0, 0.1) is 23.2 Å². The van der Waals surface area contributed by atoms with Gasteiger partial charge in [-0.15, -0.1) is 0 Å². The van der Waals surface area contributed by atoms with Crippen LogP contribution >= 0.6 is 0 Å². The lowest BCUT2D eigenvalue weighted by Gasteiger charge is -2.31. The third-order valence-corrected chi connectivity index (χ3v) is 20.0. The first-order valence-corrected chi connectivity index (χ1v) is 42.0. The number of esters is 1. The van der Waals surface area contributed by atoms with E-state index < -0.39 is 224 Å². The molecule has 42 heteroatoms. The summed E-state index contributed by atoms with van der Waals surface area (Å²) in [4.78, 5) is 238. The van der Waals surface area contributed by atoms with E-state index in [1.165, 1.54) is 6.92 Å². The summed E-state index contributed by atoms with van der Waals surface area (Å²) in [6, 6.07) is 6.83. The highest BCUT2D eigenvalue weighted by Gasteiger charge is 2.40. The molecular weight excluding hydrogens is 1640 g/mol. The van der Waals surface area contributed by atoms with Crippen molar-refractivity contribution in [2.45, 2.75) is 243 Å². The zero-order valence-electron chi connectivity index (χ0n) is 72.5. The number of carboxylic acid groups (broad SMARTS) is 1. The average Bonchev–Trinajstić information content (AvgIpc) is 0.876. The lowest BCUT2D eigenvalue weighted by molar-refractivity contribution is -0.151. The van der Waals surface area contributed by atoms with Gasteiger partial charge in [0.05, 0.1) is 31.2 Å². The predicted octanol–water partition coefficient (Wildman–Crippen LogP) is -2.11. The molecule has 0 aliphatic carbocycles. The SMILES string of the molecule is CC[C@H](C)[C@H](NC(=O)[C@H](CO)NC(=O)[C@H](CCCCN)NC(=O)[C@H](CCCNC(=N)N)NC(=O)[C@H](Cc1ccccc1)NC(=O)[C@H](Cc1ccccc1)NC(=O)CO/N=C(\C)CCC(=O)OCOC(N)=O)C(=O)N[C@H](C(=O)N[C@@H](CC(N)=O)C(=O)N[C@@H](Cc1ccccc1)C(=O)N[C@@H](CCC(=O)O)C(=O)N[C@@H](CCCCN)C(=O)N[C@H](C=O)CC(C)C)[C@@H](C)CC. The van der Waals surface area contributed by atoms with Gasteiger partial charge in [-0.25, -0.2) is 4.79 Å². The van der Waals surface area contributed by atoms with Gasteiger partial charge in [0.2, 0.25) is 77.7 Å². The van der Waals surface area contributed by atoms with E-state index in [1.54, 1.807) is 119 Å². The number of guanidine groups is 1. The lowest BCUT2D eigenvalue weighted by Crippen LogP contribution is -2.63. The molecule has 0 spiro atoms. The number of hydrogen-bond acceptors (Lipinski definition) is 25. The van der Waals surface area contributed by atoms with E-state index >= 15 is 0 Å². The molecule has 126 heavy (non-hydrogen) atoms. The Morgan fingerprint density at radius 2 is 0.841 bits per heavy atom. The summed E-state index contributed by atoms with van der Waals surface area (Å²) in [5, 5.41) is 65.8. The molecule has 3 rings (SSSR count). The Hall–Kier alpha value is -12.7. The van der Waals surface area contributed by atoms with E-state index in [0.29, 0.717) is 42.2 Å². The number of aldehydes is 1. The molecule has 0 radical (unpaired) electrons. The van der Waals surface area contributed by atoms with E-state index in [1.807, 2.05) is 13.8 Å². The van der Waals surface area contributed by atoms with Crippen LogP contribution in [0.2, 0.25) is 0 Å². The number of benzene rings is 3. The molecule has 0 fully saturated rings. The van der Waals surface area contributed by atoms with Crippen LogP contribution in [0.1, 0.15) is 168 Å². The van der Waals surface area contributed by atoms with Gasteiger partial charge in [0.25, 0.3) is 5.91 Å². The lowest BCUT2D eigenvalue weighted by atomic mass is 9.94. The number of nitrogens with one attached hydrogen (secondary N) is 14. The van der Waals surface area contributed by atoms with Crippen molar-refractivity contribution in [2.75, 3.05) is 39.6 Å². The number of oxime groups is 1. The van der Waals surface area contributed by atoms with E-state index in [4.69, 9.17) is 43.7 Å². The number of aliphatic hydroxyl groups is 1. The number of primary amides is 2. The second-order valence-corrected chi connectivity index (χ2v) is 30.8. The van der Waals surface area contributed by atoms with Crippen LogP contribution in [0.3, 0.4) is 0 Å². The Balaban J connectivity index is 1.97. The molecule has 14 amide bonds. The number of carbonyl (C=O) groups excluding carboxylic acids is 16. The quantitative estimate of drug-likeness (QED) is 0.00547. The maximum atomic E-state index is 14.9. The van der Waals surface area contributed by atoms with Gasteiger partial charge in [0.1, 0.15) is 72.7 Å². The Morgan fingerprint density at radius 1 is 0.460 bits per heavy atom. The molecule has 696 valence electrons. The molecule has 3 aromatic rings. The largest absolute Gasteiger partial charge is 0.481 e. The number of ether oxygens (including phenoxy) is 2. The number of aliphatic carboxylic acids is 1. The number of nitrogens with zero attached hydrogens (tertiary/aromatic N) is 1. The first kappa shape index (κ1) is 107. The van der Waals surface area contributed by atoms with Gasteiger partial charge in [0, 0.05) is 32.2 Å². The van der Waals surface area contributed by atoms with E-state index in [-0.39, 0.29) is 115 Å². The summed E-state index contributed by atoms with van der Waals surface area (Å²) in [7, 11) is 0. The molecule has 26 N–H and O–H groups in total. The summed E-state index contributed by atoms with van der Waals surface area (Å²) in [5.41, 5.74) is 29.5. The van der Waals surface area contributed by atoms with E-state index in [0.717, 1.165) is 0 Å². The Morgan fingerprint density at radius 3 is 1.25 bits per heavy atom. The number of hydrogen-bond donors (Lipinski definition) is 21. The van der Waals surface area contributed by atoms with Gasteiger partial charge >= 0.3 is 18.0 Å². The fraction of sp³-hybridized carbons (Fsp3) is 0.560. The summed E-state index contributed by atoms with van der Waals surface area (Å²) in [5.74, 6) is -16.9. The highest BCUT2D eigenvalue weighted by molar-refractivity contribution is 6.01. The van der Waals surface area contributed by atoms with Crippen molar-refractivity contribution >= 4 is 113 Å². The number of rotatable bonds is 62. The van der Waals surface area contributed by atoms with Gasteiger partial charge in [-0.2, -0.15) is 0 Å². The second-order valence-electron chi connectivity index (χ2n) is 30.8. The first-order valence-electron chi connectivity index (χ1n) is 42.0. The fourth-order valence-electron chi connectivity index (χ4n) is 12.6. The van der Waals surface area contributed by atoms with Crippen LogP contribution in [0.25, 0.3) is 0 Å². The van der Waals surface area contributed by atoms with Crippen molar-refractivity contribution < 1.29 is 106 Å². The minimum absolute atomic E-state index is 0.00741. The molecule has 0 saturated carbocycles. The topological polar surface area (TPSA) is 681 Å². The number of aliphatic hydroxyl groups excluding tert-OH is 1. The smallest absolute Gasteiger partial charge is 0.407 e. The highest BCUT2D eigenvalue weighted by Crippen LogP contribution is 2.18. The monoisotopic (exact) mass is 1770 g/mol. The molecule has 0 saturated heterocycles. The maximum Gasteiger partial charge on any atom is 0.407 e. The molecule has 3 aromatic carbocycles. The minimum Gasteiger partial charge on any atom is -0.481 e. The zero-order valence-corrected chi connectivity index (χ0v) is 72.5. The van der Waals surface area contributed by atoms with Crippen LogP contribution in [-0.2, 0) is 110 Å². The van der Waals surface area contributed by atoms with E-state index in [2.05, 4.69) is 79.0 Å². The summed E-state index contributed by atoms with van der Waals surface area (Å²) >= 11 is 0. The normalized spacial score (nSPS) is 14.5. The van der Waals surface area contributed by atoms with Gasteiger partial charge in [-0.1, -0.05) is 151 Å². The average molecular weight is 1770 g/mol. The summed E-state index contributed by atoms with van der Waals surface area (Å²) in [6.07, 6.45) is -1.78.